The van der Waals surface area contributed by atoms with Gasteiger partial charge < -0.3 is 0 Å². The van der Waals surface area contributed by atoms with E-state index in [1.165, 1.54) is 18.3 Å². The van der Waals surface area contributed by atoms with Crippen LogP contribution in [0.1, 0.15) is 35.5 Å². The molecule has 2 aromatic rings. The summed E-state index contributed by atoms with van der Waals surface area (Å²) >= 11 is 7.56. The summed E-state index contributed by atoms with van der Waals surface area (Å²) in [6, 6.07) is 5.38. The summed E-state index contributed by atoms with van der Waals surface area (Å²) in [7, 11) is 0. The molecule has 23 heavy (non-hydrogen) atoms. The summed E-state index contributed by atoms with van der Waals surface area (Å²) < 4.78 is 0. The summed E-state index contributed by atoms with van der Waals surface area (Å²) in [4.78, 5) is 30.1. The average molecular weight is 347 g/mol. The molecule has 0 atom stereocenters. The molecular weight excluding hydrogens is 332 g/mol. The van der Waals surface area contributed by atoms with E-state index in [1.54, 1.807) is 29.2 Å². The number of hydrogen-bond donors (Lipinski definition) is 0. The molecular formula is C17H15ClN2O2S. The van der Waals surface area contributed by atoms with Crippen LogP contribution in [0.3, 0.4) is 0 Å². The average Bonchev–Trinajstić information content (AvgIpc) is 3.08. The van der Waals surface area contributed by atoms with Gasteiger partial charge in [-0.25, -0.2) is 4.98 Å². The van der Waals surface area contributed by atoms with E-state index >= 15 is 0 Å². The highest BCUT2D eigenvalue weighted by Gasteiger charge is 2.26. The van der Waals surface area contributed by atoms with E-state index in [0.717, 1.165) is 5.56 Å². The number of rotatable bonds is 3. The quantitative estimate of drug-likeness (QED) is 0.789. The summed E-state index contributed by atoms with van der Waals surface area (Å²) in [6.45, 7) is 3.99. The topological polar surface area (TPSA) is 50.3 Å². The number of amides is 1. The Balaban J connectivity index is 1.90. The first-order valence-electron chi connectivity index (χ1n) is 7.27. The third-order valence-electron chi connectivity index (χ3n) is 3.78. The third kappa shape index (κ3) is 2.94. The Morgan fingerprint density at radius 2 is 2.26 bits per heavy atom. The Morgan fingerprint density at radius 3 is 2.91 bits per heavy atom. The van der Waals surface area contributed by atoms with Crippen LogP contribution < -0.4 is 4.90 Å². The van der Waals surface area contributed by atoms with Gasteiger partial charge in [0.15, 0.2) is 10.9 Å². The molecule has 1 aliphatic carbocycles. The van der Waals surface area contributed by atoms with Crippen molar-refractivity contribution in [2.45, 2.75) is 20.3 Å². The number of benzene rings is 1. The van der Waals surface area contributed by atoms with E-state index < -0.39 is 0 Å². The zero-order valence-corrected chi connectivity index (χ0v) is 14.4. The van der Waals surface area contributed by atoms with Gasteiger partial charge in [0, 0.05) is 41.4 Å². The Labute approximate surface area is 143 Å². The van der Waals surface area contributed by atoms with Crippen molar-refractivity contribution >= 4 is 45.8 Å². The van der Waals surface area contributed by atoms with Crippen LogP contribution in [0, 0.1) is 0 Å². The lowest BCUT2D eigenvalue weighted by Gasteiger charge is -2.14. The molecule has 0 saturated carbocycles. The van der Waals surface area contributed by atoms with Crippen LogP contribution in [-0.4, -0.2) is 23.2 Å². The second-order valence-corrected chi connectivity index (χ2v) is 6.50. The number of thiazole rings is 1. The first-order chi connectivity index (χ1) is 11.0. The molecule has 0 unspecified atom stereocenters. The molecule has 6 heteroatoms. The minimum atomic E-state index is -0.0443. The summed E-state index contributed by atoms with van der Waals surface area (Å²) in [5.41, 5.74) is 2.91. The minimum absolute atomic E-state index is 0.00374. The van der Waals surface area contributed by atoms with Gasteiger partial charge in [0.05, 0.1) is 5.69 Å². The molecule has 118 valence electrons. The minimum Gasteiger partial charge on any atom is -0.289 e. The lowest BCUT2D eigenvalue weighted by Crippen LogP contribution is -2.27. The van der Waals surface area contributed by atoms with Gasteiger partial charge in [0.1, 0.15) is 0 Å². The summed E-state index contributed by atoms with van der Waals surface area (Å²) in [6.07, 6.45) is 2.30. The van der Waals surface area contributed by atoms with Crippen molar-refractivity contribution in [1.29, 1.82) is 0 Å². The molecule has 0 saturated heterocycles. The summed E-state index contributed by atoms with van der Waals surface area (Å²) in [5, 5.41) is 3.12. The van der Waals surface area contributed by atoms with Gasteiger partial charge in [-0.2, -0.15) is 0 Å². The number of nitrogens with zero attached hydrogens (tertiary/aromatic N) is 2. The molecule has 4 nitrogen and oxygen atoms in total. The maximum atomic E-state index is 12.4. The number of ketones is 1. The zero-order chi connectivity index (χ0) is 16.6. The lowest BCUT2D eigenvalue weighted by atomic mass is 10.1. The van der Waals surface area contributed by atoms with Crippen molar-refractivity contribution in [3.8, 4) is 0 Å². The van der Waals surface area contributed by atoms with Crippen LogP contribution in [0.15, 0.2) is 29.2 Å². The lowest BCUT2D eigenvalue weighted by molar-refractivity contribution is -0.116. The first-order valence-corrected chi connectivity index (χ1v) is 8.53. The van der Waals surface area contributed by atoms with Gasteiger partial charge >= 0.3 is 0 Å². The van der Waals surface area contributed by atoms with Crippen molar-refractivity contribution in [3.63, 3.8) is 0 Å². The Morgan fingerprint density at radius 1 is 1.48 bits per heavy atom. The van der Waals surface area contributed by atoms with E-state index in [4.69, 9.17) is 11.6 Å². The van der Waals surface area contributed by atoms with Gasteiger partial charge in [0.25, 0.3) is 0 Å². The molecule has 1 aromatic carbocycles. The molecule has 1 heterocycles. The predicted octanol–water partition coefficient (Wildman–Crippen LogP) is 3.99. The van der Waals surface area contributed by atoms with Gasteiger partial charge in [-0.15, -0.1) is 11.3 Å². The molecule has 1 amide bonds. The first kappa shape index (κ1) is 15.9. The van der Waals surface area contributed by atoms with Gasteiger partial charge in [-0.3, -0.25) is 14.5 Å². The number of allylic oxidation sites excluding steroid dienone is 1. The maximum Gasteiger partial charge on any atom is 0.225 e. The van der Waals surface area contributed by atoms with Crippen LogP contribution >= 0.6 is 22.9 Å². The van der Waals surface area contributed by atoms with Crippen molar-refractivity contribution in [3.05, 3.63) is 51.0 Å². The standard InChI is InChI=1S/C17H15ClN2O2S/c1-3-20(10(2)21)17-19-12(9-23-17)7-11-8-14-13(16(11)22)5-4-6-15(14)18/h4-7,9H,3,8H2,1-2H3/b11-7+. The molecule has 1 aromatic heterocycles. The smallest absolute Gasteiger partial charge is 0.225 e. The number of fused-ring (bicyclic) bond motifs is 1. The molecule has 3 rings (SSSR count). The van der Waals surface area contributed by atoms with Crippen LogP contribution in [0.5, 0.6) is 0 Å². The van der Waals surface area contributed by atoms with Crippen molar-refractivity contribution in [2.24, 2.45) is 0 Å². The number of hydrogen-bond acceptors (Lipinski definition) is 4. The molecule has 0 aliphatic heterocycles. The van der Waals surface area contributed by atoms with E-state index in [1.807, 2.05) is 12.3 Å². The van der Waals surface area contributed by atoms with Crippen LogP contribution in [-0.2, 0) is 11.2 Å². The van der Waals surface area contributed by atoms with Crippen LogP contribution in [0.2, 0.25) is 5.02 Å². The molecule has 0 fully saturated rings. The molecule has 1 aliphatic rings. The fourth-order valence-electron chi connectivity index (χ4n) is 2.65. The number of anilines is 1. The molecule has 0 N–H and O–H groups in total. The Hall–Kier alpha value is -1.98. The van der Waals surface area contributed by atoms with Crippen molar-refractivity contribution < 1.29 is 9.59 Å². The third-order valence-corrected chi connectivity index (χ3v) is 5.02. The van der Waals surface area contributed by atoms with E-state index in [-0.39, 0.29) is 11.7 Å². The highest BCUT2D eigenvalue weighted by molar-refractivity contribution is 7.14. The van der Waals surface area contributed by atoms with Crippen molar-refractivity contribution in [1.82, 2.24) is 4.98 Å². The van der Waals surface area contributed by atoms with Gasteiger partial charge in [-0.05, 0) is 24.6 Å². The Bertz CT molecular complexity index is 826. The second-order valence-electron chi connectivity index (χ2n) is 5.26. The number of carbonyl (C=O) groups is 2. The van der Waals surface area contributed by atoms with Gasteiger partial charge in [0.2, 0.25) is 5.91 Å². The van der Waals surface area contributed by atoms with Crippen LogP contribution in [0.25, 0.3) is 6.08 Å². The van der Waals surface area contributed by atoms with Crippen LogP contribution in [0.4, 0.5) is 5.13 Å². The zero-order valence-electron chi connectivity index (χ0n) is 12.8. The molecule has 0 bridgehead atoms. The fourth-order valence-corrected chi connectivity index (χ4v) is 3.78. The molecule has 0 spiro atoms. The van der Waals surface area contributed by atoms with E-state index in [2.05, 4.69) is 4.98 Å². The van der Waals surface area contributed by atoms with E-state index in [9.17, 15) is 9.59 Å². The monoisotopic (exact) mass is 346 g/mol. The number of Topliss-reactive ketones (excluding diaryl/α,β-unsaturated/α-hetero) is 1. The van der Waals surface area contributed by atoms with Gasteiger partial charge in [-0.1, -0.05) is 23.7 Å². The number of halogens is 1. The fraction of sp³-hybridized carbons (Fsp3) is 0.235. The highest BCUT2D eigenvalue weighted by atomic mass is 35.5. The summed E-state index contributed by atoms with van der Waals surface area (Å²) in [5.74, 6) is -0.0480. The maximum absolute atomic E-state index is 12.4. The molecule has 0 radical (unpaired) electrons. The second kappa shape index (κ2) is 6.26. The van der Waals surface area contributed by atoms with Crippen molar-refractivity contribution in [2.75, 3.05) is 11.4 Å². The number of carbonyl (C=O) groups excluding carboxylic acids is 2. The SMILES string of the molecule is CCN(C(C)=O)c1nc(/C=C2\Cc3c(Cl)cccc3C2=O)cs1. The largest absolute Gasteiger partial charge is 0.289 e. The predicted molar refractivity (Wildman–Crippen MR) is 93.3 cm³/mol. The Kier molecular flexibility index (Phi) is 4.33. The number of aromatic nitrogens is 1. The van der Waals surface area contributed by atoms with E-state index in [0.29, 0.717) is 40.0 Å². The normalized spacial score (nSPS) is 15.1. The highest BCUT2D eigenvalue weighted by Crippen LogP contribution is 2.33.